The van der Waals surface area contributed by atoms with Gasteiger partial charge in [0.05, 0.1) is 6.61 Å². The third-order valence-corrected chi connectivity index (χ3v) is 6.96. The van der Waals surface area contributed by atoms with Crippen molar-refractivity contribution in [2.75, 3.05) is 6.61 Å². The number of aliphatic hydroxyl groups excluding tert-OH is 1. The number of ether oxygens (including phenoxy) is 1. The van der Waals surface area contributed by atoms with Gasteiger partial charge in [-0.25, -0.2) is 9.78 Å². The Labute approximate surface area is 210 Å². The summed E-state index contributed by atoms with van der Waals surface area (Å²) in [6.07, 6.45) is -0.0855. The molecule has 1 amide bonds. The summed E-state index contributed by atoms with van der Waals surface area (Å²) < 4.78 is 4.99. The van der Waals surface area contributed by atoms with Gasteiger partial charge < -0.3 is 14.7 Å². The first-order valence-electron chi connectivity index (χ1n) is 11.9. The van der Waals surface area contributed by atoms with Gasteiger partial charge in [-0.2, -0.15) is 0 Å². The van der Waals surface area contributed by atoms with Crippen LogP contribution in [-0.2, 0) is 16.1 Å². The molecule has 2 aromatic rings. The molecule has 0 aliphatic carbocycles. The second-order valence-electron chi connectivity index (χ2n) is 8.84. The van der Waals surface area contributed by atoms with Crippen molar-refractivity contribution in [3.63, 3.8) is 0 Å². The predicted molar refractivity (Wildman–Crippen MR) is 136 cm³/mol. The number of nitrogens with zero attached hydrogens (tertiary/aromatic N) is 5. The molecule has 1 aromatic carbocycles. The van der Waals surface area contributed by atoms with E-state index in [1.165, 1.54) is 11.3 Å². The van der Waals surface area contributed by atoms with Gasteiger partial charge in [0.1, 0.15) is 17.2 Å². The first kappa shape index (κ1) is 28.3. The number of rotatable bonds is 13. The molecular formula is C25H35N5O4S. The highest BCUT2D eigenvalue weighted by atomic mass is 32.1. The normalized spacial score (nSPS) is 14.5. The SMILES string of the molecule is CCOC(=O)c1csc(C(O)CC(C(C)C)N(Cc2ccccc2)C(=O)C(N=[N+]=[N-])C(C)CC)n1. The molecule has 0 aliphatic heterocycles. The number of hydrogen-bond donors (Lipinski definition) is 1. The van der Waals surface area contributed by atoms with Crippen molar-refractivity contribution < 1.29 is 19.4 Å². The molecular weight excluding hydrogens is 466 g/mol. The van der Waals surface area contributed by atoms with E-state index in [2.05, 4.69) is 15.0 Å². The molecule has 2 rings (SSSR count). The Kier molecular flexibility index (Phi) is 11.2. The fourth-order valence-corrected chi connectivity index (χ4v) is 4.61. The Bertz CT molecular complexity index is 1010. The fraction of sp³-hybridized carbons (Fsp3) is 0.560. The average Bonchev–Trinajstić information content (AvgIpc) is 3.35. The van der Waals surface area contributed by atoms with Crippen LogP contribution >= 0.6 is 11.3 Å². The maximum absolute atomic E-state index is 13.8. The number of aliphatic hydroxyl groups is 1. The zero-order valence-corrected chi connectivity index (χ0v) is 21.8. The van der Waals surface area contributed by atoms with Crippen LogP contribution in [-0.4, -0.2) is 45.6 Å². The summed E-state index contributed by atoms with van der Waals surface area (Å²) in [5, 5.41) is 16.8. The summed E-state index contributed by atoms with van der Waals surface area (Å²) in [6, 6.07) is 8.38. The molecule has 9 nitrogen and oxygen atoms in total. The highest BCUT2D eigenvalue weighted by Crippen LogP contribution is 2.30. The molecule has 1 aromatic heterocycles. The summed E-state index contributed by atoms with van der Waals surface area (Å²) in [4.78, 5) is 34.7. The number of hydrogen-bond acceptors (Lipinski definition) is 7. The number of amides is 1. The zero-order valence-electron chi connectivity index (χ0n) is 21.0. The molecule has 1 N–H and O–H groups in total. The number of thiazole rings is 1. The summed E-state index contributed by atoms with van der Waals surface area (Å²) in [5.74, 6) is -0.946. The van der Waals surface area contributed by atoms with Crippen LogP contribution in [0.25, 0.3) is 10.4 Å². The highest BCUT2D eigenvalue weighted by Gasteiger charge is 2.35. The van der Waals surface area contributed by atoms with Gasteiger partial charge in [-0.15, -0.1) is 11.3 Å². The fourth-order valence-electron chi connectivity index (χ4n) is 3.82. The Hall–Kier alpha value is -2.94. The van der Waals surface area contributed by atoms with Gasteiger partial charge in [-0.1, -0.05) is 69.6 Å². The highest BCUT2D eigenvalue weighted by molar-refractivity contribution is 7.09. The van der Waals surface area contributed by atoms with Crippen molar-refractivity contribution in [1.82, 2.24) is 9.88 Å². The topological polar surface area (TPSA) is 128 Å². The first-order valence-corrected chi connectivity index (χ1v) is 12.8. The molecule has 0 bridgehead atoms. The molecule has 4 unspecified atom stereocenters. The number of carbonyl (C=O) groups is 2. The predicted octanol–water partition coefficient (Wildman–Crippen LogP) is 5.52. The van der Waals surface area contributed by atoms with Crippen molar-refractivity contribution >= 4 is 23.2 Å². The average molecular weight is 502 g/mol. The van der Waals surface area contributed by atoms with Crippen molar-refractivity contribution in [3.8, 4) is 0 Å². The molecule has 0 radical (unpaired) electrons. The maximum atomic E-state index is 13.8. The van der Waals surface area contributed by atoms with Gasteiger partial charge in [0.25, 0.3) is 0 Å². The Balaban J connectivity index is 2.38. The van der Waals surface area contributed by atoms with Crippen LogP contribution in [0.1, 0.15) is 74.6 Å². The Morgan fingerprint density at radius 1 is 1.23 bits per heavy atom. The molecule has 1 heterocycles. The maximum Gasteiger partial charge on any atom is 0.357 e. The van der Waals surface area contributed by atoms with E-state index in [-0.39, 0.29) is 42.5 Å². The lowest BCUT2D eigenvalue weighted by Gasteiger charge is -2.38. The van der Waals surface area contributed by atoms with Gasteiger partial charge in [0, 0.05) is 29.3 Å². The lowest BCUT2D eigenvalue weighted by molar-refractivity contribution is -0.138. The van der Waals surface area contributed by atoms with Crippen LogP contribution in [0.5, 0.6) is 0 Å². The van der Waals surface area contributed by atoms with E-state index < -0.39 is 18.1 Å². The number of benzene rings is 1. The van der Waals surface area contributed by atoms with Crippen LogP contribution in [0.4, 0.5) is 0 Å². The molecule has 0 saturated carbocycles. The van der Waals surface area contributed by atoms with Crippen LogP contribution in [0.2, 0.25) is 0 Å². The van der Waals surface area contributed by atoms with Crippen molar-refractivity contribution in [3.05, 3.63) is 62.4 Å². The van der Waals surface area contributed by atoms with Gasteiger partial charge in [0.15, 0.2) is 5.69 Å². The third kappa shape index (κ3) is 7.78. The van der Waals surface area contributed by atoms with E-state index in [1.807, 2.05) is 58.0 Å². The largest absolute Gasteiger partial charge is 0.461 e. The molecule has 190 valence electrons. The van der Waals surface area contributed by atoms with Crippen molar-refractivity contribution in [1.29, 1.82) is 0 Å². The molecule has 10 heteroatoms. The summed E-state index contributed by atoms with van der Waals surface area (Å²) in [5.41, 5.74) is 10.2. The van der Waals surface area contributed by atoms with E-state index in [0.29, 0.717) is 18.0 Å². The lowest BCUT2D eigenvalue weighted by Crippen LogP contribution is -2.48. The molecule has 0 fully saturated rings. The summed E-state index contributed by atoms with van der Waals surface area (Å²) >= 11 is 1.18. The van der Waals surface area contributed by atoms with Gasteiger partial charge in [-0.3, -0.25) is 4.79 Å². The molecule has 35 heavy (non-hydrogen) atoms. The van der Waals surface area contributed by atoms with E-state index in [0.717, 1.165) is 5.56 Å². The summed E-state index contributed by atoms with van der Waals surface area (Å²) in [6.45, 7) is 10.1. The smallest absolute Gasteiger partial charge is 0.357 e. The minimum atomic E-state index is -0.983. The number of carbonyl (C=O) groups excluding carboxylic acids is 2. The number of aromatic nitrogens is 1. The van der Waals surface area contributed by atoms with E-state index in [4.69, 9.17) is 10.3 Å². The van der Waals surface area contributed by atoms with E-state index in [1.54, 1.807) is 17.2 Å². The van der Waals surface area contributed by atoms with Crippen molar-refractivity contribution in [2.24, 2.45) is 17.0 Å². The van der Waals surface area contributed by atoms with E-state index >= 15 is 0 Å². The van der Waals surface area contributed by atoms with Crippen molar-refractivity contribution in [2.45, 2.75) is 72.2 Å². The Morgan fingerprint density at radius 2 is 1.91 bits per heavy atom. The van der Waals surface area contributed by atoms with Gasteiger partial charge in [0.2, 0.25) is 5.91 Å². The van der Waals surface area contributed by atoms with Crippen LogP contribution in [0, 0.1) is 11.8 Å². The van der Waals surface area contributed by atoms with Crippen LogP contribution < -0.4 is 0 Å². The first-order chi connectivity index (χ1) is 16.7. The lowest BCUT2D eigenvalue weighted by atomic mass is 9.92. The second-order valence-corrected chi connectivity index (χ2v) is 9.73. The minimum Gasteiger partial charge on any atom is -0.461 e. The third-order valence-electron chi connectivity index (χ3n) is 6.02. The zero-order chi connectivity index (χ0) is 26.0. The molecule has 0 spiro atoms. The van der Waals surface area contributed by atoms with Gasteiger partial charge in [-0.05, 0) is 29.9 Å². The van der Waals surface area contributed by atoms with Crippen LogP contribution in [0.15, 0.2) is 40.8 Å². The summed E-state index contributed by atoms with van der Waals surface area (Å²) in [7, 11) is 0. The van der Waals surface area contributed by atoms with E-state index in [9.17, 15) is 14.7 Å². The molecule has 0 saturated heterocycles. The molecule has 0 aliphatic rings. The number of azide groups is 1. The second kappa shape index (κ2) is 13.8. The number of esters is 1. The van der Waals surface area contributed by atoms with Gasteiger partial charge >= 0.3 is 5.97 Å². The van der Waals surface area contributed by atoms with Crippen LogP contribution in [0.3, 0.4) is 0 Å². The molecule has 4 atom stereocenters. The monoisotopic (exact) mass is 501 g/mol. The minimum absolute atomic E-state index is 0.00884. The Morgan fingerprint density at radius 3 is 2.49 bits per heavy atom. The quantitative estimate of drug-likeness (QED) is 0.167. The standard InChI is InChI=1S/C25H35N5O4S/c1-6-17(5)22(28-29-26)24(32)30(14-18-11-9-8-10-12-18)20(16(3)4)13-21(31)23-27-19(15-35-23)25(33)34-7-2/h8-12,15-17,20-22,31H,6-7,13-14H2,1-5H3.